The lowest BCUT2D eigenvalue weighted by atomic mass is 10.1. The fourth-order valence-corrected chi connectivity index (χ4v) is 2.71. The molecule has 29 heavy (non-hydrogen) atoms. The molecular formula is C19H19N7O3. The molecule has 6 N–H and O–H groups in total. The van der Waals surface area contributed by atoms with Gasteiger partial charge in [0.2, 0.25) is 5.96 Å². The predicted octanol–water partition coefficient (Wildman–Crippen LogP) is 3.03. The number of benzene rings is 2. The van der Waals surface area contributed by atoms with Crippen molar-refractivity contribution in [3.05, 3.63) is 58.6 Å². The van der Waals surface area contributed by atoms with Gasteiger partial charge in [-0.05, 0) is 41.9 Å². The van der Waals surface area contributed by atoms with E-state index in [1.807, 2.05) is 0 Å². The van der Waals surface area contributed by atoms with Crippen LogP contribution in [-0.4, -0.2) is 29.7 Å². The van der Waals surface area contributed by atoms with Crippen LogP contribution in [0.3, 0.4) is 0 Å². The standard InChI is InChI=1S/C19H19N7O3/c1-10(24-25-19(20)21)11-3-5-13(6-4-11)22-18(27)16-8-12-7-14(29-2)9-15(26-28)17(12)23-16/h3-9,23H,1-2H3,(H,22,27)(H4,20,21,25)/b24-10+. The highest BCUT2D eigenvalue weighted by molar-refractivity contribution is 6.07. The first-order chi connectivity index (χ1) is 13.9. The van der Waals surface area contributed by atoms with Crippen molar-refractivity contribution in [3.8, 4) is 5.75 Å². The summed E-state index contributed by atoms with van der Waals surface area (Å²) in [5.74, 6) is -0.143. The third-order valence-corrected chi connectivity index (χ3v) is 4.16. The number of aromatic nitrogens is 1. The van der Waals surface area contributed by atoms with E-state index in [0.29, 0.717) is 28.1 Å². The monoisotopic (exact) mass is 393 g/mol. The van der Waals surface area contributed by atoms with Crippen molar-refractivity contribution in [2.24, 2.45) is 16.0 Å². The molecule has 10 nitrogen and oxygen atoms in total. The second-order valence-electron chi connectivity index (χ2n) is 6.14. The van der Waals surface area contributed by atoms with Crippen LogP contribution in [0, 0.1) is 10.3 Å². The molecule has 0 fully saturated rings. The molecular weight excluding hydrogens is 374 g/mol. The molecule has 0 aliphatic rings. The average Bonchev–Trinajstić information content (AvgIpc) is 3.16. The molecule has 3 rings (SSSR count). The van der Waals surface area contributed by atoms with Gasteiger partial charge in [-0.15, -0.1) is 4.91 Å². The fraction of sp³-hybridized carbons (Fsp3) is 0.105. The first kappa shape index (κ1) is 19.5. The van der Waals surface area contributed by atoms with Crippen molar-refractivity contribution in [1.29, 1.82) is 5.41 Å². The van der Waals surface area contributed by atoms with E-state index in [1.54, 1.807) is 43.3 Å². The van der Waals surface area contributed by atoms with Gasteiger partial charge in [0.25, 0.3) is 5.91 Å². The Hall–Kier alpha value is -4.21. The van der Waals surface area contributed by atoms with Gasteiger partial charge in [0, 0.05) is 17.1 Å². The van der Waals surface area contributed by atoms with Crippen LogP contribution in [0.2, 0.25) is 0 Å². The smallest absolute Gasteiger partial charge is 0.272 e. The minimum Gasteiger partial charge on any atom is -0.497 e. The van der Waals surface area contributed by atoms with E-state index >= 15 is 0 Å². The Labute approximate surface area is 165 Å². The van der Waals surface area contributed by atoms with Gasteiger partial charge >= 0.3 is 0 Å². The lowest BCUT2D eigenvalue weighted by molar-refractivity contribution is 0.102. The number of nitrogens with zero attached hydrogens (tertiary/aromatic N) is 2. The van der Waals surface area contributed by atoms with Gasteiger partial charge in [-0.1, -0.05) is 12.1 Å². The quantitative estimate of drug-likeness (QED) is 0.188. The van der Waals surface area contributed by atoms with Gasteiger partial charge in [-0.3, -0.25) is 10.2 Å². The largest absolute Gasteiger partial charge is 0.497 e. The van der Waals surface area contributed by atoms with Crippen LogP contribution in [-0.2, 0) is 0 Å². The summed E-state index contributed by atoms with van der Waals surface area (Å²) in [5.41, 5.74) is 10.5. The maximum atomic E-state index is 12.6. The topological polar surface area (TPSA) is 158 Å². The lowest BCUT2D eigenvalue weighted by Crippen LogP contribution is -2.26. The van der Waals surface area contributed by atoms with Gasteiger partial charge in [-0.25, -0.2) is 5.43 Å². The van der Waals surface area contributed by atoms with Gasteiger partial charge < -0.3 is 20.8 Å². The van der Waals surface area contributed by atoms with E-state index < -0.39 is 0 Å². The number of hydrazone groups is 1. The van der Waals surface area contributed by atoms with Crippen LogP contribution in [0.5, 0.6) is 5.75 Å². The summed E-state index contributed by atoms with van der Waals surface area (Å²) in [7, 11) is 1.49. The highest BCUT2D eigenvalue weighted by Gasteiger charge is 2.14. The van der Waals surface area contributed by atoms with E-state index in [9.17, 15) is 9.70 Å². The van der Waals surface area contributed by atoms with Crippen molar-refractivity contribution in [2.45, 2.75) is 6.92 Å². The molecule has 0 bridgehead atoms. The molecule has 0 saturated carbocycles. The number of methoxy groups -OCH3 is 1. The Morgan fingerprint density at radius 3 is 2.55 bits per heavy atom. The van der Waals surface area contributed by atoms with Crippen LogP contribution >= 0.6 is 0 Å². The minimum atomic E-state index is -0.367. The first-order valence-corrected chi connectivity index (χ1v) is 8.51. The van der Waals surface area contributed by atoms with E-state index in [2.05, 4.69) is 26.0 Å². The molecule has 0 spiro atoms. The summed E-state index contributed by atoms with van der Waals surface area (Å²) in [6.07, 6.45) is 0. The summed E-state index contributed by atoms with van der Waals surface area (Å²) >= 11 is 0. The molecule has 0 aliphatic heterocycles. The van der Waals surface area contributed by atoms with Crippen molar-refractivity contribution in [1.82, 2.24) is 10.4 Å². The van der Waals surface area contributed by atoms with Gasteiger partial charge in [0.05, 0.1) is 18.3 Å². The number of amides is 1. The van der Waals surface area contributed by atoms with E-state index in [0.717, 1.165) is 5.56 Å². The normalized spacial score (nSPS) is 11.2. The highest BCUT2D eigenvalue weighted by atomic mass is 16.5. The lowest BCUT2D eigenvalue weighted by Gasteiger charge is -2.06. The van der Waals surface area contributed by atoms with Crippen molar-refractivity contribution >= 4 is 39.9 Å². The Kier molecular flexibility index (Phi) is 5.54. The number of carbonyl (C=O) groups is 1. The number of hydrogen-bond donors (Lipinski definition) is 5. The fourth-order valence-electron chi connectivity index (χ4n) is 2.71. The number of nitroso groups, excluding NO2 is 1. The summed E-state index contributed by atoms with van der Waals surface area (Å²) in [5, 5.41) is 17.5. The zero-order chi connectivity index (χ0) is 21.0. The first-order valence-electron chi connectivity index (χ1n) is 8.51. The molecule has 1 amide bonds. The maximum Gasteiger partial charge on any atom is 0.272 e. The predicted molar refractivity (Wildman–Crippen MR) is 112 cm³/mol. The number of fused-ring (bicyclic) bond motifs is 1. The number of nitrogens with one attached hydrogen (secondary N) is 4. The summed E-state index contributed by atoms with van der Waals surface area (Å²) in [6, 6.07) is 11.8. The maximum absolute atomic E-state index is 12.6. The van der Waals surface area contributed by atoms with Crippen molar-refractivity contribution in [2.75, 3.05) is 12.4 Å². The number of hydrogen-bond acceptors (Lipinski definition) is 6. The molecule has 0 aliphatic carbocycles. The number of nitrogens with two attached hydrogens (primary N) is 1. The second-order valence-corrected chi connectivity index (χ2v) is 6.14. The Morgan fingerprint density at radius 1 is 1.21 bits per heavy atom. The highest BCUT2D eigenvalue weighted by Crippen LogP contribution is 2.31. The van der Waals surface area contributed by atoms with E-state index in [1.165, 1.54) is 13.2 Å². The van der Waals surface area contributed by atoms with Crippen LogP contribution in [0.25, 0.3) is 10.9 Å². The Balaban J connectivity index is 1.79. The van der Waals surface area contributed by atoms with Gasteiger partial charge in [0.15, 0.2) is 0 Å². The van der Waals surface area contributed by atoms with Crippen molar-refractivity contribution in [3.63, 3.8) is 0 Å². The number of rotatable bonds is 6. The number of guanidine groups is 1. The van der Waals surface area contributed by atoms with Crippen LogP contribution < -0.4 is 21.2 Å². The summed E-state index contributed by atoms with van der Waals surface area (Å²) < 4.78 is 5.14. The molecule has 2 aromatic carbocycles. The zero-order valence-electron chi connectivity index (χ0n) is 15.7. The van der Waals surface area contributed by atoms with Crippen LogP contribution in [0.15, 0.2) is 52.7 Å². The summed E-state index contributed by atoms with van der Waals surface area (Å²) in [4.78, 5) is 26.6. The second kappa shape index (κ2) is 8.21. The number of anilines is 1. The molecule has 148 valence electrons. The molecule has 10 heteroatoms. The molecule has 1 aromatic heterocycles. The SMILES string of the molecule is COc1cc(N=O)c2[nH]c(C(=O)Nc3ccc(/C(C)=N/NC(=N)N)cc3)cc2c1. The minimum absolute atomic E-state index is 0.164. The zero-order valence-corrected chi connectivity index (χ0v) is 15.7. The molecule has 3 aromatic rings. The Bertz CT molecular complexity index is 1120. The molecule has 0 unspecified atom stereocenters. The van der Waals surface area contributed by atoms with E-state index in [4.69, 9.17) is 15.9 Å². The number of H-pyrrole nitrogens is 1. The molecule has 0 radical (unpaired) electrons. The van der Waals surface area contributed by atoms with Crippen LogP contribution in [0.4, 0.5) is 11.4 Å². The van der Waals surface area contributed by atoms with Gasteiger partial charge in [0.1, 0.15) is 17.1 Å². The van der Waals surface area contributed by atoms with Crippen molar-refractivity contribution < 1.29 is 9.53 Å². The summed E-state index contributed by atoms with van der Waals surface area (Å²) in [6.45, 7) is 1.76. The van der Waals surface area contributed by atoms with E-state index in [-0.39, 0.29) is 23.2 Å². The number of ether oxygens (including phenoxy) is 1. The van der Waals surface area contributed by atoms with Gasteiger partial charge in [-0.2, -0.15) is 5.10 Å². The molecule has 0 atom stereocenters. The number of aromatic amines is 1. The Morgan fingerprint density at radius 2 is 1.93 bits per heavy atom. The molecule has 0 saturated heterocycles. The third-order valence-electron chi connectivity index (χ3n) is 4.16. The molecule has 1 heterocycles. The number of carbonyl (C=O) groups excluding carboxylic acids is 1. The third kappa shape index (κ3) is 4.38. The average molecular weight is 393 g/mol. The van der Waals surface area contributed by atoms with Crippen LogP contribution in [0.1, 0.15) is 23.0 Å².